The largest absolute Gasteiger partial charge is 0.388 e. The van der Waals surface area contributed by atoms with Gasteiger partial charge in [-0.25, -0.2) is 13.1 Å². The summed E-state index contributed by atoms with van der Waals surface area (Å²) in [4.78, 5) is 0. The highest BCUT2D eigenvalue weighted by molar-refractivity contribution is 7.90. The Morgan fingerprint density at radius 1 is 1.54 bits per heavy atom. The number of hydrogen-bond acceptors (Lipinski definition) is 3. The second-order valence-corrected chi connectivity index (χ2v) is 5.44. The third-order valence-electron chi connectivity index (χ3n) is 1.55. The number of nitrogens with one attached hydrogen (secondary N) is 2. The molecule has 0 rings (SSSR count). The Labute approximate surface area is 79.3 Å². The van der Waals surface area contributed by atoms with Crippen LogP contribution in [0.25, 0.3) is 0 Å². The van der Waals surface area contributed by atoms with Crippen LogP contribution < -0.4 is 10.5 Å². The van der Waals surface area contributed by atoms with Crippen LogP contribution in [0.15, 0.2) is 0 Å². The van der Waals surface area contributed by atoms with Gasteiger partial charge in [-0.05, 0) is 20.3 Å². The first-order valence-corrected chi connectivity index (χ1v) is 5.72. The van der Waals surface area contributed by atoms with E-state index < -0.39 is 15.3 Å². The summed E-state index contributed by atoms with van der Waals surface area (Å²) in [5.74, 6) is 0.0868. The van der Waals surface area contributed by atoms with Gasteiger partial charge in [0.05, 0.1) is 11.1 Å². The van der Waals surface area contributed by atoms with Crippen LogP contribution in [0.3, 0.4) is 0 Å². The lowest BCUT2D eigenvalue weighted by molar-refractivity contribution is 0.570. The summed E-state index contributed by atoms with van der Waals surface area (Å²) in [6, 6.07) is 0. The zero-order valence-electron chi connectivity index (χ0n) is 8.00. The van der Waals surface area contributed by atoms with Crippen LogP contribution in [0.5, 0.6) is 0 Å². The standard InChI is InChI=1S/C7H17N3O2S/c1-6(2)13(11,12)10-5-3-4-7(8)9/h6,10H,3-5H2,1-2H3,(H3,8,9). The third kappa shape index (κ3) is 5.59. The van der Waals surface area contributed by atoms with E-state index >= 15 is 0 Å². The van der Waals surface area contributed by atoms with Crippen molar-refractivity contribution < 1.29 is 8.42 Å². The molecule has 0 aliphatic heterocycles. The molecule has 0 aliphatic carbocycles. The molecule has 0 spiro atoms. The molecular formula is C7H17N3O2S. The lowest BCUT2D eigenvalue weighted by atomic mass is 10.3. The molecule has 0 radical (unpaired) electrons. The molecule has 13 heavy (non-hydrogen) atoms. The molecule has 0 saturated heterocycles. The molecule has 0 aromatic heterocycles. The van der Waals surface area contributed by atoms with Gasteiger partial charge in [0.2, 0.25) is 10.0 Å². The molecule has 0 fully saturated rings. The number of hydrogen-bond donors (Lipinski definition) is 3. The highest BCUT2D eigenvalue weighted by atomic mass is 32.2. The first-order chi connectivity index (χ1) is 5.86. The Hall–Kier alpha value is -0.620. The summed E-state index contributed by atoms with van der Waals surface area (Å²) >= 11 is 0. The molecule has 0 amide bonds. The molecule has 0 heterocycles. The zero-order valence-corrected chi connectivity index (χ0v) is 8.82. The van der Waals surface area contributed by atoms with Crippen molar-refractivity contribution in [2.24, 2.45) is 5.73 Å². The molecule has 0 aromatic rings. The van der Waals surface area contributed by atoms with Gasteiger partial charge in [-0.15, -0.1) is 0 Å². The fourth-order valence-electron chi connectivity index (χ4n) is 0.660. The summed E-state index contributed by atoms with van der Waals surface area (Å²) in [7, 11) is -3.16. The Morgan fingerprint density at radius 3 is 2.46 bits per heavy atom. The summed E-state index contributed by atoms with van der Waals surface area (Å²) < 4.78 is 24.8. The molecule has 0 bridgehead atoms. The van der Waals surface area contributed by atoms with E-state index in [-0.39, 0.29) is 5.84 Å². The maximum Gasteiger partial charge on any atom is 0.213 e. The Morgan fingerprint density at radius 2 is 2.08 bits per heavy atom. The quantitative estimate of drug-likeness (QED) is 0.326. The van der Waals surface area contributed by atoms with Crippen LogP contribution in [-0.2, 0) is 10.0 Å². The van der Waals surface area contributed by atoms with Crippen molar-refractivity contribution >= 4 is 15.9 Å². The maximum atomic E-state index is 11.2. The van der Waals surface area contributed by atoms with Crippen LogP contribution in [-0.4, -0.2) is 26.0 Å². The van der Waals surface area contributed by atoms with E-state index in [9.17, 15) is 8.42 Å². The monoisotopic (exact) mass is 207 g/mol. The summed E-state index contributed by atoms with van der Waals surface area (Å²) in [5.41, 5.74) is 5.11. The summed E-state index contributed by atoms with van der Waals surface area (Å²) in [6.45, 7) is 3.58. The molecule has 4 N–H and O–H groups in total. The molecule has 0 unspecified atom stereocenters. The van der Waals surface area contributed by atoms with Crippen molar-refractivity contribution in [2.45, 2.75) is 31.9 Å². The fraction of sp³-hybridized carbons (Fsp3) is 0.857. The molecule has 78 valence electrons. The Balaban J connectivity index is 3.72. The van der Waals surface area contributed by atoms with Gasteiger partial charge in [0.15, 0.2) is 0 Å². The fourth-order valence-corrected chi connectivity index (χ4v) is 1.42. The topological polar surface area (TPSA) is 96.0 Å². The minimum Gasteiger partial charge on any atom is -0.388 e. The van der Waals surface area contributed by atoms with Gasteiger partial charge in [0.25, 0.3) is 0 Å². The van der Waals surface area contributed by atoms with E-state index in [1.54, 1.807) is 13.8 Å². The van der Waals surface area contributed by atoms with Crippen LogP contribution in [0.2, 0.25) is 0 Å². The highest BCUT2D eigenvalue weighted by Gasteiger charge is 2.13. The SMILES string of the molecule is CC(C)S(=O)(=O)NCCCC(=N)N. The van der Waals surface area contributed by atoms with Crippen molar-refractivity contribution in [1.82, 2.24) is 4.72 Å². The van der Waals surface area contributed by atoms with Crippen molar-refractivity contribution in [3.8, 4) is 0 Å². The second-order valence-electron chi connectivity index (χ2n) is 3.12. The van der Waals surface area contributed by atoms with Gasteiger partial charge < -0.3 is 5.73 Å². The van der Waals surface area contributed by atoms with Crippen LogP contribution >= 0.6 is 0 Å². The normalized spacial score (nSPS) is 11.9. The van der Waals surface area contributed by atoms with E-state index in [1.807, 2.05) is 0 Å². The van der Waals surface area contributed by atoms with E-state index in [0.717, 1.165) is 0 Å². The number of sulfonamides is 1. The van der Waals surface area contributed by atoms with Crippen LogP contribution in [0, 0.1) is 5.41 Å². The minimum atomic E-state index is -3.16. The Kier molecular flexibility index (Phi) is 4.94. The summed E-state index contributed by atoms with van der Waals surface area (Å²) in [5, 5.41) is 6.50. The number of amidine groups is 1. The van der Waals surface area contributed by atoms with Crippen LogP contribution in [0.4, 0.5) is 0 Å². The van der Waals surface area contributed by atoms with Crippen molar-refractivity contribution in [3.63, 3.8) is 0 Å². The van der Waals surface area contributed by atoms with Gasteiger partial charge in [0, 0.05) is 13.0 Å². The van der Waals surface area contributed by atoms with Crippen molar-refractivity contribution in [2.75, 3.05) is 6.54 Å². The van der Waals surface area contributed by atoms with E-state index in [1.165, 1.54) is 0 Å². The number of rotatable bonds is 6. The smallest absolute Gasteiger partial charge is 0.213 e. The lowest BCUT2D eigenvalue weighted by Gasteiger charge is -2.08. The Bertz CT molecular complexity index is 259. The average molecular weight is 207 g/mol. The minimum absolute atomic E-state index is 0.0868. The van der Waals surface area contributed by atoms with Gasteiger partial charge in [0.1, 0.15) is 0 Å². The molecule has 0 aliphatic rings. The van der Waals surface area contributed by atoms with E-state index in [4.69, 9.17) is 11.1 Å². The lowest BCUT2D eigenvalue weighted by Crippen LogP contribution is -2.31. The van der Waals surface area contributed by atoms with Crippen LogP contribution in [0.1, 0.15) is 26.7 Å². The van der Waals surface area contributed by atoms with Crippen molar-refractivity contribution in [1.29, 1.82) is 5.41 Å². The molecule has 0 atom stereocenters. The predicted octanol–water partition coefficient (Wildman–Crippen LogP) is 0.0304. The van der Waals surface area contributed by atoms with Gasteiger partial charge in [-0.1, -0.05) is 0 Å². The van der Waals surface area contributed by atoms with Gasteiger partial charge >= 0.3 is 0 Å². The first kappa shape index (κ1) is 12.4. The van der Waals surface area contributed by atoms with E-state index in [0.29, 0.717) is 19.4 Å². The molecule has 5 nitrogen and oxygen atoms in total. The van der Waals surface area contributed by atoms with Crippen molar-refractivity contribution in [3.05, 3.63) is 0 Å². The van der Waals surface area contributed by atoms with Gasteiger partial charge in [-0.3, -0.25) is 5.41 Å². The molecule has 6 heteroatoms. The summed E-state index contributed by atoms with van der Waals surface area (Å²) in [6.07, 6.45) is 1.00. The van der Waals surface area contributed by atoms with Gasteiger partial charge in [-0.2, -0.15) is 0 Å². The van der Waals surface area contributed by atoms with E-state index in [2.05, 4.69) is 4.72 Å². The first-order valence-electron chi connectivity index (χ1n) is 4.17. The number of nitrogens with two attached hydrogens (primary N) is 1. The second kappa shape index (κ2) is 5.18. The molecule has 0 aromatic carbocycles. The maximum absolute atomic E-state index is 11.2. The average Bonchev–Trinajstić information content (AvgIpc) is 1.97. The third-order valence-corrected chi connectivity index (χ3v) is 3.39. The highest BCUT2D eigenvalue weighted by Crippen LogP contribution is 1.96. The molecule has 0 saturated carbocycles. The zero-order chi connectivity index (χ0) is 10.5. The predicted molar refractivity (Wildman–Crippen MR) is 53.2 cm³/mol. The molecular weight excluding hydrogens is 190 g/mol.